The molecule has 1 fully saturated rings. The second-order valence-electron chi connectivity index (χ2n) is 5.89. The maximum Gasteiger partial charge on any atom is 0.338 e. The third-order valence-corrected chi connectivity index (χ3v) is 4.04. The zero-order valence-electron chi connectivity index (χ0n) is 14.0. The van der Waals surface area contributed by atoms with E-state index in [0.29, 0.717) is 16.8 Å². The summed E-state index contributed by atoms with van der Waals surface area (Å²) >= 11 is 0. The summed E-state index contributed by atoms with van der Waals surface area (Å²) in [5.41, 5.74) is 1.35. The molecule has 5 nitrogen and oxygen atoms in total. The van der Waals surface area contributed by atoms with Crippen LogP contribution in [0.3, 0.4) is 0 Å². The summed E-state index contributed by atoms with van der Waals surface area (Å²) < 4.78 is 18.4. The van der Waals surface area contributed by atoms with Crippen molar-refractivity contribution in [3.8, 4) is 0 Å². The average molecular weight is 379 g/mol. The van der Waals surface area contributed by atoms with Crippen molar-refractivity contribution in [2.24, 2.45) is 0 Å². The second-order valence-corrected chi connectivity index (χ2v) is 5.89. The van der Waals surface area contributed by atoms with Crippen molar-refractivity contribution < 1.29 is 18.7 Å². The van der Waals surface area contributed by atoms with E-state index in [1.807, 2.05) is 0 Å². The van der Waals surface area contributed by atoms with Gasteiger partial charge in [0, 0.05) is 11.3 Å². The Morgan fingerprint density at radius 2 is 1.54 bits per heavy atom. The van der Waals surface area contributed by atoms with E-state index in [1.165, 1.54) is 24.3 Å². The highest BCUT2D eigenvalue weighted by atomic mass is 35.5. The van der Waals surface area contributed by atoms with Crippen molar-refractivity contribution >= 4 is 30.0 Å². The van der Waals surface area contributed by atoms with Crippen LogP contribution in [0.2, 0.25) is 0 Å². The fraction of sp³-hybridized carbons (Fsp3) is 0.263. The maximum absolute atomic E-state index is 12.9. The molecule has 1 amide bonds. The van der Waals surface area contributed by atoms with Crippen LogP contribution in [0.1, 0.15) is 33.6 Å². The van der Waals surface area contributed by atoms with Crippen molar-refractivity contribution in [2.45, 2.75) is 18.9 Å². The van der Waals surface area contributed by atoms with Gasteiger partial charge in [0.15, 0.2) is 0 Å². The van der Waals surface area contributed by atoms with E-state index in [2.05, 4.69) is 10.6 Å². The average Bonchev–Trinajstić information content (AvgIpc) is 2.63. The predicted molar refractivity (Wildman–Crippen MR) is 99.4 cm³/mol. The van der Waals surface area contributed by atoms with E-state index in [0.717, 1.165) is 25.9 Å². The third kappa shape index (κ3) is 5.28. The fourth-order valence-electron chi connectivity index (χ4n) is 2.63. The number of halogens is 2. The smallest absolute Gasteiger partial charge is 0.338 e. The van der Waals surface area contributed by atoms with Gasteiger partial charge in [-0.25, -0.2) is 9.18 Å². The first kappa shape index (κ1) is 19.9. The zero-order chi connectivity index (χ0) is 17.6. The summed E-state index contributed by atoms with van der Waals surface area (Å²) in [5.74, 6) is -1.10. The number of benzene rings is 2. The number of anilines is 1. The van der Waals surface area contributed by atoms with E-state index >= 15 is 0 Å². The molecular formula is C19H20ClFN2O3. The Labute approximate surface area is 157 Å². The molecule has 7 heteroatoms. The molecule has 0 bridgehead atoms. The summed E-state index contributed by atoms with van der Waals surface area (Å²) in [5, 5.41) is 5.92. The molecule has 26 heavy (non-hydrogen) atoms. The van der Waals surface area contributed by atoms with Crippen LogP contribution < -0.4 is 10.6 Å². The van der Waals surface area contributed by atoms with Gasteiger partial charge in [0.25, 0.3) is 5.91 Å². The molecule has 0 unspecified atom stereocenters. The molecule has 0 aromatic heterocycles. The highest BCUT2D eigenvalue weighted by Gasteiger charge is 2.18. The van der Waals surface area contributed by atoms with Crippen molar-refractivity contribution in [3.05, 3.63) is 65.5 Å². The molecule has 1 aliphatic rings. The van der Waals surface area contributed by atoms with E-state index in [4.69, 9.17) is 4.74 Å². The number of hydrogen-bond acceptors (Lipinski definition) is 4. The van der Waals surface area contributed by atoms with Gasteiger partial charge in [-0.05, 0) is 74.5 Å². The molecule has 3 rings (SSSR count). The standard InChI is InChI=1S/C19H19FN2O3.ClH/c20-15-5-1-13(2-6-15)18(23)22-16-7-3-14(4-8-16)19(24)25-17-9-11-21-12-10-17;/h1-8,17,21H,9-12H2,(H,22,23);1H. The normalized spacial score (nSPS) is 14.2. The number of nitrogens with one attached hydrogen (secondary N) is 2. The molecule has 2 N–H and O–H groups in total. The number of hydrogen-bond donors (Lipinski definition) is 2. The second kappa shape index (κ2) is 9.31. The van der Waals surface area contributed by atoms with Crippen LogP contribution in [0.4, 0.5) is 10.1 Å². The number of amides is 1. The maximum atomic E-state index is 12.9. The van der Waals surface area contributed by atoms with Gasteiger partial charge in [0.05, 0.1) is 5.56 Å². The van der Waals surface area contributed by atoms with Crippen LogP contribution in [0.25, 0.3) is 0 Å². The number of rotatable bonds is 4. The number of piperidine rings is 1. The van der Waals surface area contributed by atoms with Gasteiger partial charge in [-0.15, -0.1) is 12.4 Å². The van der Waals surface area contributed by atoms with Gasteiger partial charge in [0.2, 0.25) is 0 Å². The first-order valence-electron chi connectivity index (χ1n) is 8.20. The zero-order valence-corrected chi connectivity index (χ0v) is 14.9. The summed E-state index contributed by atoms with van der Waals surface area (Å²) in [6, 6.07) is 11.8. The van der Waals surface area contributed by atoms with Crippen LogP contribution in [-0.2, 0) is 4.74 Å². The highest BCUT2D eigenvalue weighted by molar-refractivity contribution is 6.04. The molecule has 1 aliphatic heterocycles. The van der Waals surface area contributed by atoms with E-state index in [-0.39, 0.29) is 30.4 Å². The van der Waals surface area contributed by atoms with Gasteiger partial charge in [-0.2, -0.15) is 0 Å². The molecule has 0 spiro atoms. The Morgan fingerprint density at radius 3 is 2.15 bits per heavy atom. The van der Waals surface area contributed by atoms with Crippen molar-refractivity contribution in [1.29, 1.82) is 0 Å². The minimum atomic E-state index is -0.395. The minimum Gasteiger partial charge on any atom is -0.459 e. The number of carbonyl (C=O) groups is 2. The van der Waals surface area contributed by atoms with Crippen molar-refractivity contribution in [2.75, 3.05) is 18.4 Å². The van der Waals surface area contributed by atoms with E-state index in [9.17, 15) is 14.0 Å². The van der Waals surface area contributed by atoms with Crippen LogP contribution >= 0.6 is 12.4 Å². The molecule has 2 aromatic carbocycles. The lowest BCUT2D eigenvalue weighted by Crippen LogP contribution is -2.33. The first-order valence-corrected chi connectivity index (χ1v) is 8.20. The molecule has 0 atom stereocenters. The van der Waals surface area contributed by atoms with Gasteiger partial charge in [0.1, 0.15) is 11.9 Å². The molecule has 2 aromatic rings. The number of esters is 1. The summed E-state index contributed by atoms with van der Waals surface area (Å²) in [6.07, 6.45) is 1.58. The van der Waals surface area contributed by atoms with Crippen LogP contribution in [0, 0.1) is 5.82 Å². The van der Waals surface area contributed by atoms with Gasteiger partial charge < -0.3 is 15.4 Å². The Morgan fingerprint density at radius 1 is 0.962 bits per heavy atom. The predicted octanol–water partition coefficient (Wildman–Crippen LogP) is 3.41. The topological polar surface area (TPSA) is 67.4 Å². The third-order valence-electron chi connectivity index (χ3n) is 4.04. The first-order chi connectivity index (χ1) is 12.1. The van der Waals surface area contributed by atoms with Crippen LogP contribution in [0.5, 0.6) is 0 Å². The SMILES string of the molecule is Cl.O=C(Nc1ccc(C(=O)OC2CCNCC2)cc1)c1ccc(F)cc1. The van der Waals surface area contributed by atoms with E-state index < -0.39 is 5.82 Å². The Hall–Kier alpha value is -2.44. The van der Waals surface area contributed by atoms with Crippen LogP contribution in [0.15, 0.2) is 48.5 Å². The molecule has 1 heterocycles. The van der Waals surface area contributed by atoms with Gasteiger partial charge in [-0.1, -0.05) is 0 Å². The largest absolute Gasteiger partial charge is 0.459 e. The van der Waals surface area contributed by atoms with Crippen molar-refractivity contribution in [1.82, 2.24) is 5.32 Å². The number of carbonyl (C=O) groups excluding carboxylic acids is 2. The molecule has 0 aliphatic carbocycles. The monoisotopic (exact) mass is 378 g/mol. The summed E-state index contributed by atoms with van der Waals surface area (Å²) in [4.78, 5) is 24.2. The van der Waals surface area contributed by atoms with Gasteiger partial charge >= 0.3 is 5.97 Å². The highest BCUT2D eigenvalue weighted by Crippen LogP contribution is 2.15. The molecule has 0 saturated carbocycles. The van der Waals surface area contributed by atoms with Crippen LogP contribution in [-0.4, -0.2) is 31.1 Å². The molecule has 0 radical (unpaired) electrons. The van der Waals surface area contributed by atoms with Crippen molar-refractivity contribution in [3.63, 3.8) is 0 Å². The molecular weight excluding hydrogens is 359 g/mol. The Bertz CT molecular complexity index is 744. The van der Waals surface area contributed by atoms with Gasteiger partial charge in [-0.3, -0.25) is 4.79 Å². The quantitative estimate of drug-likeness (QED) is 0.800. The Kier molecular flexibility index (Phi) is 7.12. The molecule has 138 valence electrons. The summed E-state index contributed by atoms with van der Waals surface area (Å²) in [6.45, 7) is 1.71. The number of ether oxygens (including phenoxy) is 1. The molecule has 1 saturated heterocycles. The lowest BCUT2D eigenvalue weighted by molar-refractivity contribution is 0.0229. The summed E-state index contributed by atoms with van der Waals surface area (Å²) in [7, 11) is 0. The van der Waals surface area contributed by atoms with E-state index in [1.54, 1.807) is 24.3 Å². The Balaban J connectivity index is 0.00000243. The lowest BCUT2D eigenvalue weighted by Gasteiger charge is -2.22. The lowest BCUT2D eigenvalue weighted by atomic mass is 10.1. The fourth-order valence-corrected chi connectivity index (χ4v) is 2.63. The minimum absolute atomic E-state index is 0.